The van der Waals surface area contributed by atoms with E-state index in [0.717, 1.165) is 19.6 Å². The molecule has 0 bridgehead atoms. The number of nitrogens with zero attached hydrogens (tertiary/aromatic N) is 2. The molecule has 0 aliphatic carbocycles. The summed E-state index contributed by atoms with van der Waals surface area (Å²) in [7, 11) is 0. The summed E-state index contributed by atoms with van der Waals surface area (Å²) in [5.74, 6) is -0.758. The molecule has 0 spiro atoms. The topological polar surface area (TPSA) is 43.8 Å². The number of piperazine rings is 1. The van der Waals surface area contributed by atoms with Gasteiger partial charge in [0.1, 0.15) is 0 Å². The van der Waals surface area contributed by atoms with Crippen molar-refractivity contribution in [2.75, 3.05) is 26.2 Å². The van der Waals surface area contributed by atoms with Crippen molar-refractivity contribution >= 4 is 30.8 Å². The molecule has 4 nitrogen and oxygen atoms in total. The summed E-state index contributed by atoms with van der Waals surface area (Å²) in [6, 6.07) is 30.2. The molecule has 4 rings (SSSR count). The van der Waals surface area contributed by atoms with Crippen LogP contribution in [0.25, 0.3) is 11.1 Å². The lowest BCUT2D eigenvalue weighted by molar-refractivity contribution is -0.139. The molecule has 1 fully saturated rings. The van der Waals surface area contributed by atoms with Crippen LogP contribution in [0.1, 0.15) is 24.1 Å². The van der Waals surface area contributed by atoms with Crippen LogP contribution in [0.2, 0.25) is 0 Å². The molecule has 1 saturated heterocycles. The van der Waals surface area contributed by atoms with E-state index in [-0.39, 0.29) is 43.4 Å². The lowest BCUT2D eigenvalue weighted by Gasteiger charge is -2.43. The first-order valence-corrected chi connectivity index (χ1v) is 10.5. The van der Waals surface area contributed by atoms with E-state index >= 15 is 0 Å². The Labute approximate surface area is 202 Å². The molecule has 0 saturated carbocycles. The minimum absolute atomic E-state index is 0. The van der Waals surface area contributed by atoms with Crippen molar-refractivity contribution in [3.8, 4) is 11.1 Å². The summed E-state index contributed by atoms with van der Waals surface area (Å²) in [6.07, 6.45) is 0. The highest BCUT2D eigenvalue weighted by molar-refractivity contribution is 5.85. The molecular formula is C26H30Cl2N2O2. The van der Waals surface area contributed by atoms with Gasteiger partial charge in [-0.15, -0.1) is 24.8 Å². The molecule has 1 heterocycles. The van der Waals surface area contributed by atoms with Crippen LogP contribution in [0.4, 0.5) is 0 Å². The van der Waals surface area contributed by atoms with E-state index in [2.05, 4.69) is 89.5 Å². The van der Waals surface area contributed by atoms with E-state index in [4.69, 9.17) is 0 Å². The maximum Gasteiger partial charge on any atom is 0.317 e. The Kier molecular flexibility index (Phi) is 9.73. The fraction of sp³-hybridized carbons (Fsp3) is 0.269. The fourth-order valence-electron chi connectivity index (χ4n) is 4.40. The van der Waals surface area contributed by atoms with E-state index in [9.17, 15) is 9.90 Å². The number of hydrogen-bond acceptors (Lipinski definition) is 3. The number of hydrogen-bond donors (Lipinski definition) is 1. The van der Waals surface area contributed by atoms with Crippen molar-refractivity contribution in [2.45, 2.75) is 19.0 Å². The number of carbonyl (C=O) groups is 1. The van der Waals surface area contributed by atoms with Crippen molar-refractivity contribution in [3.05, 3.63) is 96.1 Å². The van der Waals surface area contributed by atoms with Gasteiger partial charge in [-0.25, -0.2) is 0 Å². The van der Waals surface area contributed by atoms with E-state index in [0.29, 0.717) is 0 Å². The molecule has 1 aliphatic rings. The minimum Gasteiger partial charge on any atom is -0.480 e. The quantitative estimate of drug-likeness (QED) is 0.522. The SMILES string of the molecule is CC1CN([C@H](c2ccccc2)c2ccc(-c3ccccc3)cc2)CCN1CC(=O)O.Cl.Cl. The number of halogens is 2. The van der Waals surface area contributed by atoms with E-state index in [1.807, 2.05) is 12.1 Å². The zero-order valence-electron chi connectivity index (χ0n) is 18.1. The Hall–Kier alpha value is -2.37. The highest BCUT2D eigenvalue weighted by atomic mass is 35.5. The van der Waals surface area contributed by atoms with Crippen LogP contribution >= 0.6 is 24.8 Å². The van der Waals surface area contributed by atoms with Gasteiger partial charge in [0, 0.05) is 25.7 Å². The van der Waals surface area contributed by atoms with Gasteiger partial charge in [-0.1, -0.05) is 84.9 Å². The third kappa shape index (κ3) is 6.11. The maximum atomic E-state index is 11.2. The van der Waals surface area contributed by atoms with E-state index < -0.39 is 5.97 Å². The van der Waals surface area contributed by atoms with Gasteiger partial charge in [0.05, 0.1) is 12.6 Å². The molecule has 1 aliphatic heterocycles. The van der Waals surface area contributed by atoms with Crippen LogP contribution in [0, 0.1) is 0 Å². The second kappa shape index (κ2) is 12.0. The van der Waals surface area contributed by atoms with Crippen molar-refractivity contribution in [2.24, 2.45) is 0 Å². The molecule has 1 unspecified atom stereocenters. The summed E-state index contributed by atoms with van der Waals surface area (Å²) in [5.41, 5.74) is 4.96. The first kappa shape index (κ1) is 25.9. The first-order valence-electron chi connectivity index (χ1n) is 10.5. The van der Waals surface area contributed by atoms with Crippen molar-refractivity contribution in [3.63, 3.8) is 0 Å². The third-order valence-corrected chi connectivity index (χ3v) is 5.95. The zero-order valence-corrected chi connectivity index (χ0v) is 19.8. The molecular weight excluding hydrogens is 443 g/mol. The molecule has 170 valence electrons. The maximum absolute atomic E-state index is 11.2. The Bertz CT molecular complexity index is 968. The molecule has 32 heavy (non-hydrogen) atoms. The van der Waals surface area contributed by atoms with E-state index in [1.54, 1.807) is 0 Å². The van der Waals surface area contributed by atoms with Gasteiger partial charge in [0.25, 0.3) is 0 Å². The van der Waals surface area contributed by atoms with Crippen LogP contribution in [0.5, 0.6) is 0 Å². The highest BCUT2D eigenvalue weighted by Gasteiger charge is 2.30. The zero-order chi connectivity index (χ0) is 20.9. The Morgan fingerprint density at radius 1 is 0.844 bits per heavy atom. The second-order valence-corrected chi connectivity index (χ2v) is 8.01. The van der Waals surface area contributed by atoms with Crippen LogP contribution in [-0.2, 0) is 4.79 Å². The predicted octanol–water partition coefficient (Wildman–Crippen LogP) is 5.38. The summed E-state index contributed by atoms with van der Waals surface area (Å²) >= 11 is 0. The number of aliphatic carboxylic acids is 1. The Morgan fingerprint density at radius 3 is 1.94 bits per heavy atom. The van der Waals surface area contributed by atoms with Crippen LogP contribution in [0.15, 0.2) is 84.9 Å². The van der Waals surface area contributed by atoms with Gasteiger partial charge < -0.3 is 5.11 Å². The van der Waals surface area contributed by atoms with Crippen molar-refractivity contribution < 1.29 is 9.90 Å². The number of rotatable bonds is 6. The lowest BCUT2D eigenvalue weighted by atomic mass is 9.94. The normalized spacial score (nSPS) is 17.6. The largest absolute Gasteiger partial charge is 0.480 e. The molecule has 0 amide bonds. The summed E-state index contributed by atoms with van der Waals surface area (Å²) in [6.45, 7) is 4.68. The average Bonchev–Trinajstić information content (AvgIpc) is 2.77. The molecule has 2 atom stereocenters. The van der Waals surface area contributed by atoms with Crippen LogP contribution < -0.4 is 0 Å². The molecule has 6 heteroatoms. The molecule has 1 N–H and O–H groups in total. The minimum atomic E-state index is -0.758. The fourth-order valence-corrected chi connectivity index (χ4v) is 4.40. The van der Waals surface area contributed by atoms with Crippen molar-refractivity contribution in [1.29, 1.82) is 0 Å². The molecule has 0 aromatic heterocycles. The highest BCUT2D eigenvalue weighted by Crippen LogP contribution is 2.32. The second-order valence-electron chi connectivity index (χ2n) is 8.01. The Balaban J connectivity index is 0.00000181. The van der Waals surface area contributed by atoms with E-state index in [1.165, 1.54) is 22.3 Å². The Morgan fingerprint density at radius 2 is 1.38 bits per heavy atom. The van der Waals surface area contributed by atoms with Crippen LogP contribution in [0.3, 0.4) is 0 Å². The molecule has 3 aromatic carbocycles. The molecule has 0 radical (unpaired) electrons. The van der Waals surface area contributed by atoms with Gasteiger partial charge in [0.15, 0.2) is 0 Å². The average molecular weight is 473 g/mol. The van der Waals surface area contributed by atoms with Gasteiger partial charge in [-0.3, -0.25) is 14.6 Å². The first-order chi connectivity index (χ1) is 14.6. The summed E-state index contributed by atoms with van der Waals surface area (Å²) in [4.78, 5) is 15.7. The van der Waals surface area contributed by atoms with Gasteiger partial charge in [-0.05, 0) is 29.2 Å². The molecule has 3 aromatic rings. The van der Waals surface area contributed by atoms with Gasteiger partial charge >= 0.3 is 5.97 Å². The smallest absolute Gasteiger partial charge is 0.317 e. The third-order valence-electron chi connectivity index (χ3n) is 5.95. The lowest BCUT2D eigenvalue weighted by Crippen LogP contribution is -2.54. The summed E-state index contributed by atoms with van der Waals surface area (Å²) in [5, 5.41) is 9.18. The van der Waals surface area contributed by atoms with Crippen molar-refractivity contribution in [1.82, 2.24) is 9.80 Å². The standard InChI is InChI=1S/C26H28N2O2.2ClH/c1-20-18-28(17-16-27(20)19-25(29)30)26(23-10-6-3-7-11-23)24-14-12-22(13-15-24)21-8-4-2-5-9-21;;/h2-15,20,26H,16-19H2,1H3,(H,29,30);2*1H/t20?,26-;;/m1../s1. The number of carboxylic acids is 1. The van der Waals surface area contributed by atoms with Gasteiger partial charge in [0.2, 0.25) is 0 Å². The van der Waals surface area contributed by atoms with Crippen LogP contribution in [-0.4, -0.2) is 53.1 Å². The monoisotopic (exact) mass is 472 g/mol. The van der Waals surface area contributed by atoms with Gasteiger partial charge in [-0.2, -0.15) is 0 Å². The summed E-state index contributed by atoms with van der Waals surface area (Å²) < 4.78 is 0. The number of benzene rings is 3. The number of carboxylic acid groups (broad SMARTS) is 1. The predicted molar refractivity (Wildman–Crippen MR) is 135 cm³/mol.